The summed E-state index contributed by atoms with van der Waals surface area (Å²) in [5.41, 5.74) is 1.15. The van der Waals surface area contributed by atoms with Crippen LogP contribution in [-0.2, 0) is 9.59 Å². The van der Waals surface area contributed by atoms with Crippen LogP contribution in [0.1, 0.15) is 17.2 Å². The number of nitrogens with zero attached hydrogens (tertiary/aromatic N) is 2. The Labute approximate surface area is 197 Å². The van der Waals surface area contributed by atoms with Crippen molar-refractivity contribution < 1.29 is 14.7 Å². The molecule has 4 rings (SSSR count). The molecule has 150 valence electrons. The van der Waals surface area contributed by atoms with Crippen LogP contribution in [0.4, 0.5) is 5.82 Å². The topological polar surface area (TPSA) is 70.5 Å². The summed E-state index contributed by atoms with van der Waals surface area (Å²) in [4.78, 5) is 31.7. The number of hydrogen-bond donors (Lipinski definition) is 1. The van der Waals surface area contributed by atoms with Crippen LogP contribution >= 0.6 is 47.8 Å². The number of aromatic nitrogens is 1. The number of carbonyl (C=O) groups excluding carboxylic acids is 2. The molecule has 1 atom stereocenters. The molecule has 1 aromatic heterocycles. The lowest BCUT2D eigenvalue weighted by Gasteiger charge is -2.24. The molecule has 1 aliphatic heterocycles. The molecule has 0 aliphatic carbocycles. The maximum absolute atomic E-state index is 13.0. The molecule has 0 radical (unpaired) electrons. The van der Waals surface area contributed by atoms with Gasteiger partial charge in [-0.05, 0) is 57.9 Å². The van der Waals surface area contributed by atoms with Crippen molar-refractivity contribution in [1.29, 1.82) is 0 Å². The lowest BCUT2D eigenvalue weighted by molar-refractivity contribution is -0.132. The number of hydrogen-bond acceptors (Lipinski definition) is 4. The summed E-state index contributed by atoms with van der Waals surface area (Å²) >= 11 is 10.1. The molecule has 0 saturated carbocycles. The number of amides is 1. The number of carbonyl (C=O) groups is 2. The zero-order chi connectivity index (χ0) is 21.4. The fraction of sp³-hybridized carbons (Fsp3) is 0.0455. The van der Waals surface area contributed by atoms with E-state index in [9.17, 15) is 14.7 Å². The third-order valence-electron chi connectivity index (χ3n) is 4.71. The van der Waals surface area contributed by atoms with E-state index < -0.39 is 17.7 Å². The number of halogens is 3. The van der Waals surface area contributed by atoms with Crippen LogP contribution < -0.4 is 4.90 Å². The Kier molecular flexibility index (Phi) is 5.90. The van der Waals surface area contributed by atoms with Crippen LogP contribution in [0.15, 0.2) is 85.9 Å². The third-order valence-corrected chi connectivity index (χ3v) is 6.23. The van der Waals surface area contributed by atoms with Gasteiger partial charge < -0.3 is 5.11 Å². The minimum atomic E-state index is -0.810. The van der Waals surface area contributed by atoms with E-state index >= 15 is 0 Å². The molecule has 3 aromatic rings. The highest BCUT2D eigenvalue weighted by atomic mass is 79.9. The van der Waals surface area contributed by atoms with E-state index in [-0.39, 0.29) is 11.3 Å². The maximum atomic E-state index is 13.0. The fourth-order valence-electron chi connectivity index (χ4n) is 3.30. The van der Waals surface area contributed by atoms with E-state index in [1.165, 1.54) is 4.90 Å². The van der Waals surface area contributed by atoms with Crippen molar-refractivity contribution in [2.75, 3.05) is 4.90 Å². The van der Waals surface area contributed by atoms with Crippen LogP contribution in [-0.4, -0.2) is 21.8 Å². The first-order chi connectivity index (χ1) is 14.4. The van der Waals surface area contributed by atoms with Crippen LogP contribution in [0.3, 0.4) is 0 Å². The first kappa shape index (κ1) is 21.0. The monoisotopic (exact) mass is 590 g/mol. The van der Waals surface area contributed by atoms with Gasteiger partial charge in [0.1, 0.15) is 11.6 Å². The molecule has 5 nitrogen and oxygen atoms in total. The van der Waals surface area contributed by atoms with Gasteiger partial charge in [0.15, 0.2) is 0 Å². The Hall–Kier alpha value is -2.29. The number of rotatable bonds is 3. The van der Waals surface area contributed by atoms with Crippen molar-refractivity contribution in [3.8, 4) is 0 Å². The number of benzene rings is 2. The van der Waals surface area contributed by atoms with E-state index in [2.05, 4.69) is 52.8 Å². The Morgan fingerprint density at radius 3 is 1.97 bits per heavy atom. The molecular formula is C22H13Br3N2O3. The van der Waals surface area contributed by atoms with Crippen LogP contribution in [0, 0.1) is 0 Å². The van der Waals surface area contributed by atoms with Crippen molar-refractivity contribution in [2.24, 2.45) is 0 Å². The Bertz CT molecular complexity index is 1160. The van der Waals surface area contributed by atoms with Gasteiger partial charge >= 0.3 is 5.91 Å². The Morgan fingerprint density at radius 2 is 1.40 bits per heavy atom. The van der Waals surface area contributed by atoms with Crippen molar-refractivity contribution in [3.05, 3.63) is 97.0 Å². The maximum Gasteiger partial charge on any atom is 0.301 e. The van der Waals surface area contributed by atoms with E-state index in [1.807, 2.05) is 12.1 Å². The van der Waals surface area contributed by atoms with Crippen molar-refractivity contribution >= 4 is 71.1 Å². The van der Waals surface area contributed by atoms with Gasteiger partial charge in [0.2, 0.25) is 0 Å². The van der Waals surface area contributed by atoms with Crippen molar-refractivity contribution in [1.82, 2.24) is 4.98 Å². The van der Waals surface area contributed by atoms with Gasteiger partial charge in [0.25, 0.3) is 5.78 Å². The molecular weight excluding hydrogens is 580 g/mol. The summed E-state index contributed by atoms with van der Waals surface area (Å²) in [5.74, 6) is -1.40. The predicted octanol–water partition coefficient (Wildman–Crippen LogP) is 6.00. The lowest BCUT2D eigenvalue weighted by Crippen LogP contribution is -2.30. The van der Waals surface area contributed by atoms with Gasteiger partial charge in [-0.1, -0.05) is 56.1 Å². The minimum absolute atomic E-state index is 0.0226. The van der Waals surface area contributed by atoms with Gasteiger partial charge in [0, 0.05) is 25.2 Å². The number of anilines is 1. The summed E-state index contributed by atoms with van der Waals surface area (Å²) in [5, 5.41) is 11.0. The largest absolute Gasteiger partial charge is 0.507 e. The second-order valence-electron chi connectivity index (χ2n) is 6.56. The first-order valence-corrected chi connectivity index (χ1v) is 11.2. The summed E-state index contributed by atoms with van der Waals surface area (Å²) in [6.45, 7) is 0. The number of aliphatic hydroxyl groups excluding tert-OH is 1. The molecule has 8 heteroatoms. The van der Waals surface area contributed by atoms with E-state index in [0.717, 1.165) is 13.4 Å². The first-order valence-electron chi connectivity index (χ1n) is 8.81. The quantitative estimate of drug-likeness (QED) is 0.230. The van der Waals surface area contributed by atoms with Crippen LogP contribution in [0.5, 0.6) is 0 Å². The second kappa shape index (κ2) is 8.45. The van der Waals surface area contributed by atoms with Crippen molar-refractivity contribution in [2.45, 2.75) is 6.04 Å². The minimum Gasteiger partial charge on any atom is -0.507 e. The van der Waals surface area contributed by atoms with E-state index in [0.29, 0.717) is 16.9 Å². The number of aliphatic hydroxyl groups is 1. The molecule has 0 bridgehead atoms. The van der Waals surface area contributed by atoms with Crippen molar-refractivity contribution in [3.63, 3.8) is 0 Å². The Balaban J connectivity index is 1.93. The van der Waals surface area contributed by atoms with Gasteiger partial charge in [-0.15, -0.1) is 0 Å². The van der Waals surface area contributed by atoms with Gasteiger partial charge in [-0.25, -0.2) is 4.98 Å². The number of Topliss-reactive ketones (excluding diaryl/α,β-unsaturated/α-hetero) is 1. The molecule has 1 amide bonds. The van der Waals surface area contributed by atoms with Gasteiger partial charge in [-0.2, -0.15) is 0 Å². The highest BCUT2D eigenvalue weighted by Crippen LogP contribution is 2.42. The van der Waals surface area contributed by atoms with E-state index in [1.54, 1.807) is 54.7 Å². The molecule has 30 heavy (non-hydrogen) atoms. The predicted molar refractivity (Wildman–Crippen MR) is 125 cm³/mol. The smallest absolute Gasteiger partial charge is 0.301 e. The Morgan fingerprint density at radius 1 is 0.833 bits per heavy atom. The normalized spacial score (nSPS) is 18.1. The fourth-order valence-corrected chi connectivity index (χ4v) is 4.07. The van der Waals surface area contributed by atoms with E-state index in [4.69, 9.17) is 0 Å². The SMILES string of the molecule is O=C1C(=O)N(c2ccc(Br)cn2)C(c2ccc(Br)cc2)/C1=C(\O)c1ccc(Br)cc1. The molecule has 2 aromatic carbocycles. The third kappa shape index (κ3) is 3.87. The summed E-state index contributed by atoms with van der Waals surface area (Å²) in [6, 6.07) is 16.7. The average molecular weight is 593 g/mol. The molecule has 1 saturated heterocycles. The summed E-state index contributed by atoms with van der Waals surface area (Å²) < 4.78 is 2.44. The van der Waals surface area contributed by atoms with Gasteiger partial charge in [-0.3, -0.25) is 14.5 Å². The molecule has 1 fully saturated rings. The highest BCUT2D eigenvalue weighted by molar-refractivity contribution is 9.11. The lowest BCUT2D eigenvalue weighted by atomic mass is 9.95. The molecule has 0 spiro atoms. The summed E-state index contributed by atoms with van der Waals surface area (Å²) in [6.07, 6.45) is 1.56. The standard InChI is InChI=1S/C22H13Br3N2O3/c23-14-5-1-12(2-6-14)19-18(20(28)13-3-7-15(24)8-4-13)21(29)22(30)27(19)17-10-9-16(25)11-26-17/h1-11,19,28H/b20-18+. The molecule has 1 unspecified atom stereocenters. The highest BCUT2D eigenvalue weighted by Gasteiger charge is 2.47. The molecule has 1 aliphatic rings. The zero-order valence-corrected chi connectivity index (χ0v) is 20.0. The molecule has 1 N–H and O–H groups in total. The average Bonchev–Trinajstić information content (AvgIpc) is 3.00. The molecule has 2 heterocycles. The van der Waals surface area contributed by atoms with Crippen LogP contribution in [0.25, 0.3) is 5.76 Å². The number of pyridine rings is 1. The second-order valence-corrected chi connectivity index (χ2v) is 9.31. The number of ketones is 1. The summed E-state index contributed by atoms with van der Waals surface area (Å²) in [7, 11) is 0. The van der Waals surface area contributed by atoms with Gasteiger partial charge in [0.05, 0.1) is 11.6 Å². The van der Waals surface area contributed by atoms with Crippen LogP contribution in [0.2, 0.25) is 0 Å². The zero-order valence-electron chi connectivity index (χ0n) is 15.2.